The first-order valence-electron chi connectivity index (χ1n) is 15.4. The van der Waals surface area contributed by atoms with Crippen LogP contribution in [0.3, 0.4) is 0 Å². The van der Waals surface area contributed by atoms with Crippen molar-refractivity contribution in [3.05, 3.63) is 75.3 Å². The Labute approximate surface area is 295 Å². The van der Waals surface area contributed by atoms with Crippen molar-refractivity contribution < 1.29 is 45.7 Å². The smallest absolute Gasteiger partial charge is 0.387 e. The summed E-state index contributed by atoms with van der Waals surface area (Å²) in [5.74, 6) is 0.162. The zero-order valence-corrected chi connectivity index (χ0v) is 29.0. The fourth-order valence-corrected chi connectivity index (χ4v) is 8.98. The van der Waals surface area contributed by atoms with E-state index < -0.39 is 34.1 Å². The van der Waals surface area contributed by atoms with E-state index in [0.29, 0.717) is 48.2 Å². The number of aromatic nitrogens is 2. The van der Waals surface area contributed by atoms with E-state index in [1.807, 2.05) is 4.90 Å². The molecule has 6 rings (SSSR count). The number of benzene rings is 1. The molecule has 0 amide bonds. The van der Waals surface area contributed by atoms with E-state index in [2.05, 4.69) is 9.72 Å². The standard InChI is InChI=1S/C31H32Cl2F2N4O8S2/c32-23-16-38(41)17-24(33)22(23)14-26(20-3-5-25(47-31(34)35)27(13-20)45-18-19-1-2-19)46-30(40)29-39(9-12-48-29)49(42,43)21-4-6-28(36-15-21)37-7-10-44-11-8-37/h3-6,13,15-17,19,26,29,31H,1-2,7-12,14,18H2/t26-,29?/m0/s1. The van der Waals surface area contributed by atoms with Gasteiger partial charge in [-0.25, -0.2) is 18.2 Å². The van der Waals surface area contributed by atoms with Gasteiger partial charge in [-0.3, -0.25) is 0 Å². The molecule has 0 N–H and O–H groups in total. The van der Waals surface area contributed by atoms with Crippen LogP contribution in [0.25, 0.3) is 0 Å². The molecule has 0 radical (unpaired) electrons. The molecule has 2 atom stereocenters. The highest BCUT2D eigenvalue weighted by Gasteiger charge is 2.42. The highest BCUT2D eigenvalue weighted by atomic mass is 35.5. The van der Waals surface area contributed by atoms with Crippen molar-refractivity contribution in [3.8, 4) is 11.5 Å². The molecule has 3 aliphatic rings. The number of hydrogen-bond donors (Lipinski definition) is 0. The first-order chi connectivity index (χ1) is 23.5. The van der Waals surface area contributed by atoms with Crippen LogP contribution in [0.2, 0.25) is 10.0 Å². The Morgan fingerprint density at radius 2 is 1.84 bits per heavy atom. The molecular formula is C31H32Cl2F2N4O8S2. The van der Waals surface area contributed by atoms with Crippen LogP contribution in [-0.4, -0.2) is 80.9 Å². The lowest BCUT2D eigenvalue weighted by Crippen LogP contribution is -2.41. The van der Waals surface area contributed by atoms with Crippen LogP contribution in [0.4, 0.5) is 14.6 Å². The number of thioether (sulfide) groups is 1. The third kappa shape index (κ3) is 8.60. The molecule has 2 aliphatic heterocycles. The van der Waals surface area contributed by atoms with Crippen LogP contribution >= 0.6 is 35.0 Å². The minimum Gasteiger partial charge on any atom is -0.619 e. The fraction of sp³-hybridized carbons (Fsp3) is 0.452. The third-order valence-electron chi connectivity index (χ3n) is 8.15. The highest BCUT2D eigenvalue weighted by molar-refractivity contribution is 8.02. The quantitative estimate of drug-likeness (QED) is 0.135. The van der Waals surface area contributed by atoms with E-state index in [4.69, 9.17) is 37.4 Å². The Bertz CT molecular complexity index is 1740. The maximum absolute atomic E-state index is 13.9. The van der Waals surface area contributed by atoms with Gasteiger partial charge in [0.05, 0.1) is 19.8 Å². The van der Waals surface area contributed by atoms with Gasteiger partial charge in [-0.15, -0.1) is 11.8 Å². The van der Waals surface area contributed by atoms with Crippen LogP contribution in [0.1, 0.15) is 30.1 Å². The number of rotatable bonds is 13. The first-order valence-corrected chi connectivity index (χ1v) is 18.6. The average Bonchev–Trinajstić information content (AvgIpc) is 3.77. The number of pyridine rings is 2. The number of anilines is 1. The molecule has 49 heavy (non-hydrogen) atoms. The van der Waals surface area contributed by atoms with Gasteiger partial charge in [0.25, 0.3) is 0 Å². The third-order valence-corrected chi connectivity index (χ3v) is 12.0. The maximum atomic E-state index is 13.9. The summed E-state index contributed by atoms with van der Waals surface area (Å²) in [5, 5.41) is 10.7. The molecule has 0 bridgehead atoms. The van der Waals surface area contributed by atoms with Gasteiger partial charge in [-0.2, -0.15) is 17.8 Å². The summed E-state index contributed by atoms with van der Waals surface area (Å²) in [7, 11) is -4.17. The molecule has 1 unspecified atom stereocenters. The zero-order chi connectivity index (χ0) is 34.7. The molecule has 2 saturated heterocycles. The lowest BCUT2D eigenvalue weighted by molar-refractivity contribution is -0.605. The molecule has 4 heterocycles. The summed E-state index contributed by atoms with van der Waals surface area (Å²) in [6, 6.07) is 7.20. The predicted molar refractivity (Wildman–Crippen MR) is 177 cm³/mol. The Morgan fingerprint density at radius 3 is 2.49 bits per heavy atom. The van der Waals surface area contributed by atoms with Gasteiger partial charge in [-0.05, 0) is 48.6 Å². The van der Waals surface area contributed by atoms with Crippen LogP contribution in [0.5, 0.6) is 11.5 Å². The molecule has 3 aromatic rings. The van der Waals surface area contributed by atoms with Crippen molar-refractivity contribution in [2.75, 3.05) is 50.1 Å². The normalized spacial score (nSPS) is 19.2. The number of sulfonamides is 1. The monoisotopic (exact) mass is 760 g/mol. The summed E-state index contributed by atoms with van der Waals surface area (Å²) in [6.07, 6.45) is 4.04. The van der Waals surface area contributed by atoms with Crippen LogP contribution < -0.4 is 19.1 Å². The van der Waals surface area contributed by atoms with Gasteiger partial charge in [0.1, 0.15) is 26.9 Å². The van der Waals surface area contributed by atoms with Crippen molar-refractivity contribution in [1.82, 2.24) is 9.29 Å². The van der Waals surface area contributed by atoms with Crippen molar-refractivity contribution in [2.24, 2.45) is 5.92 Å². The second-order valence-corrected chi connectivity index (χ2v) is 15.4. The molecule has 12 nitrogen and oxygen atoms in total. The number of carbonyl (C=O) groups excluding carboxylic acids is 1. The lowest BCUT2D eigenvalue weighted by atomic mass is 10.0. The van der Waals surface area contributed by atoms with Gasteiger partial charge < -0.3 is 29.1 Å². The van der Waals surface area contributed by atoms with E-state index in [-0.39, 0.29) is 57.5 Å². The lowest BCUT2D eigenvalue weighted by Gasteiger charge is -2.28. The predicted octanol–water partition coefficient (Wildman–Crippen LogP) is 4.84. The molecule has 2 aromatic heterocycles. The van der Waals surface area contributed by atoms with Crippen molar-refractivity contribution in [3.63, 3.8) is 0 Å². The second kappa shape index (κ2) is 15.4. The van der Waals surface area contributed by atoms with Gasteiger partial charge in [-0.1, -0.05) is 29.3 Å². The number of nitrogens with zero attached hydrogens (tertiary/aromatic N) is 4. The second-order valence-electron chi connectivity index (χ2n) is 11.6. The molecule has 3 fully saturated rings. The Morgan fingerprint density at radius 1 is 1.10 bits per heavy atom. The fourth-order valence-electron chi connectivity index (χ4n) is 5.39. The van der Waals surface area contributed by atoms with E-state index >= 15 is 0 Å². The largest absolute Gasteiger partial charge is 0.619 e. The zero-order valence-electron chi connectivity index (χ0n) is 25.9. The summed E-state index contributed by atoms with van der Waals surface area (Å²) >= 11 is 13.8. The van der Waals surface area contributed by atoms with Crippen molar-refractivity contribution in [1.29, 1.82) is 0 Å². The number of alkyl halides is 2. The average molecular weight is 762 g/mol. The number of morpholine rings is 1. The van der Waals surface area contributed by atoms with Crippen LogP contribution in [-0.2, 0) is 30.7 Å². The number of halogens is 4. The number of carbonyl (C=O) groups is 1. The van der Waals surface area contributed by atoms with Gasteiger partial charge in [0.15, 0.2) is 29.3 Å². The molecule has 0 spiro atoms. The van der Waals surface area contributed by atoms with Crippen molar-refractivity contribution >= 4 is 56.8 Å². The molecule has 264 valence electrons. The minimum atomic E-state index is -4.17. The summed E-state index contributed by atoms with van der Waals surface area (Å²) in [4.78, 5) is 20.1. The molecule has 1 aliphatic carbocycles. The van der Waals surface area contributed by atoms with E-state index in [1.165, 1.54) is 30.5 Å². The highest BCUT2D eigenvalue weighted by Crippen LogP contribution is 2.39. The van der Waals surface area contributed by atoms with Gasteiger partial charge in [0, 0.05) is 43.6 Å². The van der Waals surface area contributed by atoms with E-state index in [0.717, 1.165) is 41.3 Å². The number of esters is 1. The molecule has 18 heteroatoms. The Kier molecular flexibility index (Phi) is 11.2. The summed E-state index contributed by atoms with van der Waals surface area (Å²) < 4.78 is 77.3. The SMILES string of the molecule is O=C(O[C@@H](Cc1c(Cl)c[n+]([O-])cc1Cl)c1ccc(OC(F)F)c(OCC2CC2)c1)C1SCCN1S(=O)(=O)c1ccc(N2CCOCC2)nc1. The summed E-state index contributed by atoms with van der Waals surface area (Å²) in [6.45, 7) is -0.445. The Hall–Kier alpha value is -3.15. The topological polar surface area (TPSA) is 134 Å². The molecule has 1 saturated carbocycles. The van der Waals surface area contributed by atoms with Gasteiger partial charge in [0.2, 0.25) is 10.0 Å². The number of ether oxygens (including phenoxy) is 4. The summed E-state index contributed by atoms with van der Waals surface area (Å²) in [5.41, 5.74) is 0.587. The van der Waals surface area contributed by atoms with E-state index in [1.54, 1.807) is 6.07 Å². The molecular weight excluding hydrogens is 729 g/mol. The minimum absolute atomic E-state index is 0.00104. The van der Waals surface area contributed by atoms with Gasteiger partial charge >= 0.3 is 12.6 Å². The van der Waals surface area contributed by atoms with E-state index in [9.17, 15) is 27.2 Å². The van der Waals surface area contributed by atoms with Crippen LogP contribution in [0.15, 0.2) is 53.8 Å². The van der Waals surface area contributed by atoms with Crippen molar-refractivity contribution in [2.45, 2.75) is 42.2 Å². The maximum Gasteiger partial charge on any atom is 0.387 e. The number of hydrogen-bond acceptors (Lipinski definition) is 11. The molecule has 1 aromatic carbocycles. The van der Waals surface area contributed by atoms with Crippen LogP contribution in [0, 0.1) is 11.1 Å². The first kappa shape index (κ1) is 35.7. The Balaban J connectivity index is 1.27.